The number of piperazine rings is 1. The molecule has 1 atom stereocenters. The van der Waals surface area contributed by atoms with Crippen molar-refractivity contribution in [1.29, 1.82) is 0 Å². The largest absolute Gasteiger partial charge is 0.329 e. The molecule has 1 amide bonds. The maximum atomic E-state index is 12.6. The number of benzene rings is 1. The summed E-state index contributed by atoms with van der Waals surface area (Å²) < 4.78 is 1.81. The highest BCUT2D eigenvalue weighted by molar-refractivity contribution is 5.91. The van der Waals surface area contributed by atoms with E-state index in [1.54, 1.807) is 0 Å². The number of para-hydroxylation sites is 2. The maximum Gasteiger partial charge on any atom is 0.329 e. The number of imidazole rings is 1. The average Bonchev–Trinajstić information content (AvgIpc) is 2.98. The predicted octanol–water partition coefficient (Wildman–Crippen LogP) is 1.67. The summed E-state index contributed by atoms with van der Waals surface area (Å²) in [5.74, 6) is 1.24. The van der Waals surface area contributed by atoms with Crippen LogP contribution >= 0.6 is 0 Å². The maximum absolute atomic E-state index is 12.6. The molecule has 0 bridgehead atoms. The number of carbonyl (C=O) groups excluding carboxylic acids is 1. The zero-order valence-electron chi connectivity index (χ0n) is 14.5. The number of likely N-dealkylation sites (N-methyl/N-ethyl adjacent to an activating group) is 2. The smallest absolute Gasteiger partial charge is 0.326 e. The van der Waals surface area contributed by atoms with Crippen LogP contribution in [-0.4, -0.2) is 83.6 Å². The van der Waals surface area contributed by atoms with Gasteiger partial charge in [0.05, 0.1) is 11.0 Å². The minimum absolute atomic E-state index is 0.0366. The van der Waals surface area contributed by atoms with Crippen molar-refractivity contribution >= 4 is 17.1 Å². The van der Waals surface area contributed by atoms with Gasteiger partial charge >= 0.3 is 6.03 Å². The van der Waals surface area contributed by atoms with E-state index in [1.807, 2.05) is 40.8 Å². The number of amides is 1. The fraction of sp³-hybridized carbons (Fsp3) is 0.556. The van der Waals surface area contributed by atoms with E-state index in [1.165, 1.54) is 0 Å². The third-order valence-corrected chi connectivity index (χ3v) is 5.35. The molecule has 128 valence electrons. The lowest BCUT2D eigenvalue weighted by Gasteiger charge is -2.35. The first-order chi connectivity index (χ1) is 11.6. The Kier molecular flexibility index (Phi) is 4.02. The van der Waals surface area contributed by atoms with Crippen molar-refractivity contribution in [2.45, 2.75) is 12.3 Å². The lowest BCUT2D eigenvalue weighted by Crippen LogP contribution is -2.46. The molecule has 1 aromatic carbocycles. The van der Waals surface area contributed by atoms with Gasteiger partial charge in [0.25, 0.3) is 0 Å². The Bertz CT molecular complexity index is 747. The van der Waals surface area contributed by atoms with Gasteiger partial charge in [0, 0.05) is 45.7 Å². The summed E-state index contributed by atoms with van der Waals surface area (Å²) >= 11 is 0. The van der Waals surface area contributed by atoms with Crippen molar-refractivity contribution in [3.05, 3.63) is 30.1 Å². The van der Waals surface area contributed by atoms with Gasteiger partial charge in [-0.05, 0) is 32.1 Å². The zero-order chi connectivity index (χ0) is 16.7. The van der Waals surface area contributed by atoms with E-state index in [4.69, 9.17) is 4.98 Å². The standard InChI is InChI=1S/C18H25N5O/c1-20-9-11-22(12-10-20)8-7-14-13-21(2)18(24)23-16-6-4-3-5-15(16)19-17(14)23/h3-6,14H,7-13H2,1-2H3. The van der Waals surface area contributed by atoms with Crippen LogP contribution < -0.4 is 0 Å². The highest BCUT2D eigenvalue weighted by Gasteiger charge is 2.32. The van der Waals surface area contributed by atoms with Crippen LogP contribution in [-0.2, 0) is 0 Å². The molecular weight excluding hydrogens is 302 g/mol. The number of aromatic nitrogens is 2. The number of fused-ring (bicyclic) bond motifs is 3. The third-order valence-electron chi connectivity index (χ3n) is 5.35. The first-order valence-electron chi connectivity index (χ1n) is 8.77. The molecule has 0 aliphatic carbocycles. The van der Waals surface area contributed by atoms with Crippen molar-refractivity contribution in [3.8, 4) is 0 Å². The SMILES string of the molecule is CN1CCN(CCC2CN(C)C(=O)n3c2nc2ccccc23)CC1. The van der Waals surface area contributed by atoms with Crippen molar-refractivity contribution in [2.75, 3.05) is 53.4 Å². The Balaban J connectivity index is 1.56. The second-order valence-electron chi connectivity index (χ2n) is 7.09. The fourth-order valence-corrected chi connectivity index (χ4v) is 3.81. The summed E-state index contributed by atoms with van der Waals surface area (Å²) in [6, 6.07) is 7.97. The van der Waals surface area contributed by atoms with Crippen LogP contribution in [0.15, 0.2) is 24.3 Å². The number of nitrogens with zero attached hydrogens (tertiary/aromatic N) is 5. The Hall–Kier alpha value is -1.92. The summed E-state index contributed by atoms with van der Waals surface area (Å²) in [6.07, 6.45) is 1.05. The van der Waals surface area contributed by atoms with Crippen LogP contribution in [0.1, 0.15) is 18.2 Å². The minimum atomic E-state index is 0.0366. The second kappa shape index (κ2) is 6.18. The summed E-state index contributed by atoms with van der Waals surface area (Å²) in [5.41, 5.74) is 1.84. The zero-order valence-corrected chi connectivity index (χ0v) is 14.5. The Morgan fingerprint density at radius 1 is 1.12 bits per heavy atom. The van der Waals surface area contributed by atoms with Crippen LogP contribution in [0.5, 0.6) is 0 Å². The summed E-state index contributed by atoms with van der Waals surface area (Å²) in [4.78, 5) is 24.1. The van der Waals surface area contributed by atoms with Crippen LogP contribution in [0.2, 0.25) is 0 Å². The molecule has 24 heavy (non-hydrogen) atoms. The molecule has 6 heteroatoms. The molecule has 0 N–H and O–H groups in total. The molecule has 0 spiro atoms. The van der Waals surface area contributed by atoms with E-state index >= 15 is 0 Å². The van der Waals surface area contributed by atoms with Gasteiger partial charge in [-0.1, -0.05) is 12.1 Å². The van der Waals surface area contributed by atoms with Crippen molar-refractivity contribution in [2.24, 2.45) is 0 Å². The van der Waals surface area contributed by atoms with E-state index in [0.29, 0.717) is 5.92 Å². The van der Waals surface area contributed by atoms with E-state index < -0.39 is 0 Å². The summed E-state index contributed by atoms with van der Waals surface area (Å²) in [7, 11) is 4.07. The Morgan fingerprint density at radius 2 is 1.88 bits per heavy atom. The lowest BCUT2D eigenvalue weighted by atomic mass is 10.0. The topological polar surface area (TPSA) is 44.6 Å². The molecule has 0 radical (unpaired) electrons. The molecule has 1 fully saturated rings. The monoisotopic (exact) mass is 327 g/mol. The molecule has 3 heterocycles. The molecule has 2 aliphatic rings. The molecule has 1 saturated heterocycles. The molecule has 0 saturated carbocycles. The van der Waals surface area contributed by atoms with Crippen molar-refractivity contribution < 1.29 is 4.79 Å². The number of hydrogen-bond acceptors (Lipinski definition) is 4. The van der Waals surface area contributed by atoms with Gasteiger partial charge in [0.15, 0.2) is 0 Å². The van der Waals surface area contributed by atoms with Gasteiger partial charge in [-0.25, -0.2) is 14.3 Å². The van der Waals surface area contributed by atoms with Crippen LogP contribution in [0.25, 0.3) is 11.0 Å². The molecule has 2 aromatic rings. The molecular formula is C18H25N5O. The van der Waals surface area contributed by atoms with Crippen molar-refractivity contribution in [3.63, 3.8) is 0 Å². The Labute approximate surface area is 142 Å². The summed E-state index contributed by atoms with van der Waals surface area (Å²) in [6.45, 7) is 6.38. The molecule has 1 unspecified atom stereocenters. The van der Waals surface area contributed by atoms with Gasteiger partial charge in [-0.15, -0.1) is 0 Å². The third kappa shape index (κ3) is 2.70. The van der Waals surface area contributed by atoms with Crippen LogP contribution in [0, 0.1) is 0 Å². The lowest BCUT2D eigenvalue weighted by molar-refractivity contribution is 0.145. The average molecular weight is 327 g/mol. The van der Waals surface area contributed by atoms with E-state index in [9.17, 15) is 4.79 Å². The predicted molar refractivity (Wildman–Crippen MR) is 94.5 cm³/mol. The highest BCUT2D eigenvalue weighted by Crippen LogP contribution is 2.29. The van der Waals surface area contributed by atoms with Gasteiger partial charge < -0.3 is 14.7 Å². The first kappa shape index (κ1) is 15.6. The van der Waals surface area contributed by atoms with E-state index in [0.717, 1.165) is 62.5 Å². The number of carbonyl (C=O) groups is 1. The van der Waals surface area contributed by atoms with Gasteiger partial charge in [-0.3, -0.25) is 0 Å². The van der Waals surface area contributed by atoms with Gasteiger partial charge in [0.2, 0.25) is 0 Å². The fourth-order valence-electron chi connectivity index (χ4n) is 3.81. The van der Waals surface area contributed by atoms with E-state index in [-0.39, 0.29) is 6.03 Å². The highest BCUT2D eigenvalue weighted by atomic mass is 16.2. The molecule has 6 nitrogen and oxygen atoms in total. The molecule has 2 aliphatic heterocycles. The normalized spacial score (nSPS) is 23.0. The van der Waals surface area contributed by atoms with Gasteiger partial charge in [0.1, 0.15) is 5.82 Å². The quantitative estimate of drug-likeness (QED) is 0.860. The van der Waals surface area contributed by atoms with Crippen molar-refractivity contribution in [1.82, 2.24) is 24.3 Å². The van der Waals surface area contributed by atoms with E-state index in [2.05, 4.69) is 16.8 Å². The summed E-state index contributed by atoms with van der Waals surface area (Å²) in [5, 5.41) is 0. The Morgan fingerprint density at radius 3 is 2.67 bits per heavy atom. The minimum Gasteiger partial charge on any atom is -0.326 e. The molecule has 1 aromatic heterocycles. The van der Waals surface area contributed by atoms with Gasteiger partial charge in [-0.2, -0.15) is 0 Å². The molecule has 4 rings (SSSR count). The first-order valence-corrected chi connectivity index (χ1v) is 8.77. The van der Waals surface area contributed by atoms with Crippen LogP contribution in [0.4, 0.5) is 4.79 Å². The number of hydrogen-bond donors (Lipinski definition) is 0. The second-order valence-corrected chi connectivity index (χ2v) is 7.09. The van der Waals surface area contributed by atoms with Crippen LogP contribution in [0.3, 0.4) is 0 Å². The number of rotatable bonds is 3.